The lowest BCUT2D eigenvalue weighted by Gasteiger charge is -2.36. The van der Waals surface area contributed by atoms with Crippen LogP contribution in [0.2, 0.25) is 0 Å². The Labute approximate surface area is 146 Å². The largest absolute Gasteiger partial charge is 0.354 e. The average molecular weight is 332 g/mol. The van der Waals surface area contributed by atoms with Crippen LogP contribution in [0.15, 0.2) is 24.3 Å². The van der Waals surface area contributed by atoms with Crippen LogP contribution in [0.5, 0.6) is 0 Å². The monoisotopic (exact) mass is 331 g/mol. The van der Waals surface area contributed by atoms with Crippen LogP contribution in [0.4, 0.5) is 0 Å². The Morgan fingerprint density at radius 3 is 2.71 bits per heavy atom. The summed E-state index contributed by atoms with van der Waals surface area (Å²) in [5.41, 5.74) is 8.23. The summed E-state index contributed by atoms with van der Waals surface area (Å²) < 4.78 is 0. The van der Waals surface area contributed by atoms with Gasteiger partial charge in [0.25, 0.3) is 0 Å². The minimum Gasteiger partial charge on any atom is -0.354 e. The van der Waals surface area contributed by atoms with Gasteiger partial charge in [-0.15, -0.1) is 0 Å². The number of benzene rings is 1. The first-order chi connectivity index (χ1) is 11.6. The Morgan fingerprint density at radius 2 is 2.04 bits per heavy atom. The summed E-state index contributed by atoms with van der Waals surface area (Å²) in [6.45, 7) is 7.84. The third-order valence-electron chi connectivity index (χ3n) is 4.99. The SMILES string of the molecule is CC(C)c1ccc(CCN2CCCCC2CNC(=O)CCN)cc1. The molecule has 1 fully saturated rings. The van der Waals surface area contributed by atoms with Crippen LogP contribution in [-0.2, 0) is 11.2 Å². The number of nitrogens with one attached hydrogen (secondary N) is 1. The van der Waals surface area contributed by atoms with Gasteiger partial charge in [-0.05, 0) is 42.9 Å². The van der Waals surface area contributed by atoms with Crippen molar-refractivity contribution in [3.8, 4) is 0 Å². The van der Waals surface area contributed by atoms with Crippen LogP contribution in [0, 0.1) is 0 Å². The predicted octanol–water partition coefficient (Wildman–Crippen LogP) is 2.67. The number of carbonyl (C=O) groups is 1. The van der Waals surface area contributed by atoms with Gasteiger partial charge in [0.2, 0.25) is 5.91 Å². The van der Waals surface area contributed by atoms with E-state index in [2.05, 4.69) is 48.3 Å². The minimum absolute atomic E-state index is 0.0762. The summed E-state index contributed by atoms with van der Waals surface area (Å²) in [7, 11) is 0. The molecule has 1 aromatic carbocycles. The summed E-state index contributed by atoms with van der Waals surface area (Å²) in [4.78, 5) is 14.2. The van der Waals surface area contributed by atoms with Gasteiger partial charge in [-0.2, -0.15) is 0 Å². The fourth-order valence-electron chi connectivity index (χ4n) is 3.38. The van der Waals surface area contributed by atoms with Crippen LogP contribution >= 0.6 is 0 Å². The molecule has 1 atom stereocenters. The molecular formula is C20H33N3O. The average Bonchev–Trinajstić information content (AvgIpc) is 2.59. The molecule has 1 unspecified atom stereocenters. The quantitative estimate of drug-likeness (QED) is 0.770. The standard InChI is InChI=1S/C20H33N3O/c1-16(2)18-8-6-17(7-9-18)11-14-23-13-4-3-5-19(23)15-22-20(24)10-12-21/h6-9,16,19H,3-5,10-15,21H2,1-2H3,(H,22,24). The molecule has 1 aromatic rings. The zero-order valence-corrected chi connectivity index (χ0v) is 15.3. The predicted molar refractivity (Wildman–Crippen MR) is 100 cm³/mol. The van der Waals surface area contributed by atoms with Crippen LogP contribution in [-0.4, -0.2) is 43.0 Å². The van der Waals surface area contributed by atoms with Crippen molar-refractivity contribution in [1.29, 1.82) is 0 Å². The molecule has 0 aromatic heterocycles. The highest BCUT2D eigenvalue weighted by Gasteiger charge is 2.22. The van der Waals surface area contributed by atoms with Crippen LogP contribution in [0.3, 0.4) is 0 Å². The van der Waals surface area contributed by atoms with Crippen molar-refractivity contribution in [2.45, 2.75) is 57.9 Å². The van der Waals surface area contributed by atoms with Crippen LogP contribution < -0.4 is 11.1 Å². The molecule has 4 heteroatoms. The lowest BCUT2D eigenvalue weighted by atomic mass is 9.99. The maximum atomic E-state index is 11.6. The van der Waals surface area contributed by atoms with Gasteiger partial charge >= 0.3 is 0 Å². The molecule has 134 valence electrons. The van der Waals surface area contributed by atoms with E-state index in [1.165, 1.54) is 30.4 Å². The highest BCUT2D eigenvalue weighted by Crippen LogP contribution is 2.18. The van der Waals surface area contributed by atoms with E-state index in [0.29, 0.717) is 24.9 Å². The molecule has 0 aliphatic carbocycles. The van der Waals surface area contributed by atoms with Crippen molar-refractivity contribution in [1.82, 2.24) is 10.2 Å². The van der Waals surface area contributed by atoms with Crippen molar-refractivity contribution < 1.29 is 4.79 Å². The summed E-state index contributed by atoms with van der Waals surface area (Å²) in [6, 6.07) is 9.49. The van der Waals surface area contributed by atoms with Crippen LogP contribution in [0.1, 0.15) is 56.6 Å². The normalized spacial score (nSPS) is 18.8. The second kappa shape index (κ2) is 9.80. The Morgan fingerprint density at radius 1 is 1.29 bits per heavy atom. The number of piperidine rings is 1. The second-order valence-electron chi connectivity index (χ2n) is 7.17. The smallest absolute Gasteiger partial charge is 0.221 e. The van der Waals surface area contributed by atoms with Crippen LogP contribution in [0.25, 0.3) is 0 Å². The lowest BCUT2D eigenvalue weighted by Crippen LogP contribution is -2.47. The molecule has 2 rings (SSSR count). The van der Waals surface area contributed by atoms with Gasteiger partial charge in [0.1, 0.15) is 0 Å². The van der Waals surface area contributed by atoms with E-state index >= 15 is 0 Å². The molecule has 24 heavy (non-hydrogen) atoms. The molecule has 3 N–H and O–H groups in total. The van der Waals surface area contributed by atoms with Crippen molar-refractivity contribution in [3.63, 3.8) is 0 Å². The molecule has 0 saturated carbocycles. The first-order valence-electron chi connectivity index (χ1n) is 9.39. The van der Waals surface area contributed by atoms with Gasteiger partial charge in [-0.25, -0.2) is 0 Å². The van der Waals surface area contributed by atoms with Crippen molar-refractivity contribution >= 4 is 5.91 Å². The van der Waals surface area contributed by atoms with Crippen molar-refractivity contribution in [3.05, 3.63) is 35.4 Å². The molecule has 1 saturated heterocycles. The molecular weight excluding hydrogens is 298 g/mol. The fourth-order valence-corrected chi connectivity index (χ4v) is 3.38. The third kappa shape index (κ3) is 5.91. The Kier molecular flexibility index (Phi) is 7.73. The fraction of sp³-hybridized carbons (Fsp3) is 0.650. The summed E-state index contributed by atoms with van der Waals surface area (Å²) in [6.07, 6.45) is 5.20. The van der Waals surface area contributed by atoms with Crippen molar-refractivity contribution in [2.75, 3.05) is 26.2 Å². The van der Waals surface area contributed by atoms with E-state index in [1.807, 2.05) is 0 Å². The summed E-state index contributed by atoms with van der Waals surface area (Å²) in [5, 5.41) is 3.04. The third-order valence-corrected chi connectivity index (χ3v) is 4.99. The van der Waals surface area contributed by atoms with E-state index in [0.717, 1.165) is 26.1 Å². The number of carbonyl (C=O) groups excluding carboxylic acids is 1. The molecule has 4 nitrogen and oxygen atoms in total. The number of nitrogens with zero attached hydrogens (tertiary/aromatic N) is 1. The minimum atomic E-state index is 0.0762. The second-order valence-corrected chi connectivity index (χ2v) is 7.17. The Balaban J connectivity index is 1.83. The number of rotatable bonds is 8. The zero-order valence-electron chi connectivity index (χ0n) is 15.3. The lowest BCUT2D eigenvalue weighted by molar-refractivity contribution is -0.121. The number of nitrogens with two attached hydrogens (primary N) is 1. The number of hydrogen-bond donors (Lipinski definition) is 2. The van der Waals surface area contributed by atoms with E-state index in [4.69, 9.17) is 5.73 Å². The van der Waals surface area contributed by atoms with Gasteiger partial charge in [-0.1, -0.05) is 44.5 Å². The molecule has 0 radical (unpaired) electrons. The van der Waals surface area contributed by atoms with E-state index in [1.54, 1.807) is 0 Å². The molecule has 1 amide bonds. The zero-order chi connectivity index (χ0) is 17.4. The summed E-state index contributed by atoms with van der Waals surface area (Å²) >= 11 is 0. The van der Waals surface area contributed by atoms with Gasteiger partial charge in [0, 0.05) is 32.1 Å². The number of likely N-dealkylation sites (tertiary alicyclic amines) is 1. The van der Waals surface area contributed by atoms with E-state index in [-0.39, 0.29) is 5.91 Å². The van der Waals surface area contributed by atoms with Gasteiger partial charge in [0.15, 0.2) is 0 Å². The van der Waals surface area contributed by atoms with Gasteiger partial charge in [0.05, 0.1) is 0 Å². The summed E-state index contributed by atoms with van der Waals surface area (Å²) in [5.74, 6) is 0.662. The number of hydrogen-bond acceptors (Lipinski definition) is 3. The van der Waals surface area contributed by atoms with E-state index in [9.17, 15) is 4.79 Å². The highest BCUT2D eigenvalue weighted by molar-refractivity contribution is 5.76. The van der Waals surface area contributed by atoms with E-state index < -0.39 is 0 Å². The Hall–Kier alpha value is -1.39. The molecule has 1 aliphatic rings. The maximum absolute atomic E-state index is 11.6. The Bertz CT molecular complexity index is 498. The van der Waals surface area contributed by atoms with Crippen molar-refractivity contribution in [2.24, 2.45) is 5.73 Å². The van der Waals surface area contributed by atoms with Gasteiger partial charge in [-0.3, -0.25) is 9.69 Å². The first kappa shape index (κ1) is 18.9. The molecule has 0 bridgehead atoms. The molecule has 1 heterocycles. The maximum Gasteiger partial charge on any atom is 0.221 e. The first-order valence-corrected chi connectivity index (χ1v) is 9.39. The molecule has 0 spiro atoms. The highest BCUT2D eigenvalue weighted by atomic mass is 16.1. The molecule has 1 aliphatic heterocycles. The topological polar surface area (TPSA) is 58.4 Å². The van der Waals surface area contributed by atoms with Gasteiger partial charge < -0.3 is 11.1 Å². The number of amides is 1.